The van der Waals surface area contributed by atoms with Crippen molar-refractivity contribution < 1.29 is 4.74 Å². The molecule has 0 spiro atoms. The van der Waals surface area contributed by atoms with Crippen LogP contribution in [0.1, 0.15) is 45.4 Å². The smallest absolute Gasteiger partial charge is 0.218 e. The lowest BCUT2D eigenvalue weighted by molar-refractivity contribution is 0.160. The zero-order chi connectivity index (χ0) is 15.1. The maximum absolute atomic E-state index is 5.44. The quantitative estimate of drug-likeness (QED) is 0.783. The number of ether oxygens (including phenoxy) is 1. The molecule has 118 valence electrons. The molecule has 0 bridgehead atoms. The van der Waals surface area contributed by atoms with Crippen LogP contribution in [0.25, 0.3) is 0 Å². The molecule has 0 aliphatic carbocycles. The van der Waals surface area contributed by atoms with Crippen molar-refractivity contribution in [1.29, 1.82) is 0 Å². The van der Waals surface area contributed by atoms with Gasteiger partial charge in [0.15, 0.2) is 0 Å². The number of anilines is 1. The van der Waals surface area contributed by atoms with E-state index < -0.39 is 0 Å². The standard InChI is InChI=1S/C16H28N4O/c1-4-21-16-12-15(18-14(3)19-16)17-9-7-11-20-10-6-5-8-13(20)2/h12-13H,4-11H2,1-3H3,(H,17,18,19). The molecule has 1 aliphatic rings. The van der Waals surface area contributed by atoms with E-state index in [0.717, 1.165) is 37.2 Å². The van der Waals surface area contributed by atoms with E-state index in [1.54, 1.807) is 0 Å². The third kappa shape index (κ3) is 5.16. The highest BCUT2D eigenvalue weighted by molar-refractivity contribution is 5.38. The Labute approximate surface area is 128 Å². The Morgan fingerprint density at radius 1 is 1.38 bits per heavy atom. The fourth-order valence-electron chi connectivity index (χ4n) is 2.84. The average Bonchev–Trinajstić information content (AvgIpc) is 2.45. The topological polar surface area (TPSA) is 50.3 Å². The van der Waals surface area contributed by atoms with Crippen molar-refractivity contribution in [2.24, 2.45) is 0 Å². The number of piperidine rings is 1. The van der Waals surface area contributed by atoms with Gasteiger partial charge in [0.2, 0.25) is 5.88 Å². The predicted molar refractivity (Wildman–Crippen MR) is 85.9 cm³/mol. The third-order valence-corrected chi connectivity index (χ3v) is 3.98. The van der Waals surface area contributed by atoms with Crippen LogP contribution < -0.4 is 10.1 Å². The summed E-state index contributed by atoms with van der Waals surface area (Å²) < 4.78 is 5.44. The highest BCUT2D eigenvalue weighted by Gasteiger charge is 2.17. The van der Waals surface area contributed by atoms with E-state index in [0.29, 0.717) is 12.5 Å². The van der Waals surface area contributed by atoms with Crippen molar-refractivity contribution in [3.8, 4) is 5.88 Å². The lowest BCUT2D eigenvalue weighted by atomic mass is 10.0. The molecule has 2 heterocycles. The number of nitrogens with one attached hydrogen (secondary N) is 1. The van der Waals surface area contributed by atoms with E-state index in [4.69, 9.17) is 4.74 Å². The normalized spacial score (nSPS) is 19.5. The Balaban J connectivity index is 1.75. The van der Waals surface area contributed by atoms with Crippen LogP contribution in [0, 0.1) is 6.92 Å². The third-order valence-electron chi connectivity index (χ3n) is 3.98. The SMILES string of the molecule is CCOc1cc(NCCCN2CCCCC2C)nc(C)n1. The summed E-state index contributed by atoms with van der Waals surface area (Å²) in [5.74, 6) is 2.25. The van der Waals surface area contributed by atoms with Gasteiger partial charge in [-0.2, -0.15) is 4.98 Å². The molecule has 1 aliphatic heterocycles. The van der Waals surface area contributed by atoms with E-state index in [1.165, 1.54) is 25.8 Å². The molecule has 1 atom stereocenters. The van der Waals surface area contributed by atoms with Crippen LogP contribution in [0.15, 0.2) is 6.07 Å². The summed E-state index contributed by atoms with van der Waals surface area (Å²) in [4.78, 5) is 11.3. The molecular formula is C16H28N4O. The number of aromatic nitrogens is 2. The molecule has 5 heteroatoms. The van der Waals surface area contributed by atoms with Gasteiger partial charge in [-0.25, -0.2) is 4.98 Å². The molecule has 1 aromatic rings. The van der Waals surface area contributed by atoms with E-state index in [9.17, 15) is 0 Å². The van der Waals surface area contributed by atoms with Crippen molar-refractivity contribution in [3.63, 3.8) is 0 Å². The van der Waals surface area contributed by atoms with E-state index in [2.05, 4.69) is 27.1 Å². The van der Waals surface area contributed by atoms with Crippen molar-refractivity contribution >= 4 is 5.82 Å². The molecule has 0 saturated carbocycles. The van der Waals surface area contributed by atoms with Crippen LogP contribution in [0.4, 0.5) is 5.82 Å². The summed E-state index contributed by atoms with van der Waals surface area (Å²) in [6.07, 6.45) is 5.21. The molecular weight excluding hydrogens is 264 g/mol. The Hall–Kier alpha value is -1.36. The Morgan fingerprint density at radius 3 is 3.00 bits per heavy atom. The first-order chi connectivity index (χ1) is 10.2. The highest BCUT2D eigenvalue weighted by Crippen LogP contribution is 2.17. The van der Waals surface area contributed by atoms with Crippen molar-refractivity contribution in [2.45, 2.75) is 52.5 Å². The number of hydrogen-bond donors (Lipinski definition) is 1. The van der Waals surface area contributed by atoms with Gasteiger partial charge < -0.3 is 15.0 Å². The van der Waals surface area contributed by atoms with Crippen LogP contribution in [0.5, 0.6) is 5.88 Å². The molecule has 0 aromatic carbocycles. The number of rotatable bonds is 7. The first kappa shape index (κ1) is 16.0. The fraction of sp³-hybridized carbons (Fsp3) is 0.750. The van der Waals surface area contributed by atoms with Crippen molar-refractivity contribution in [2.75, 3.05) is 31.6 Å². The van der Waals surface area contributed by atoms with Crippen LogP contribution in [0.3, 0.4) is 0 Å². The van der Waals surface area contributed by atoms with Crippen molar-refractivity contribution in [3.05, 3.63) is 11.9 Å². The van der Waals surface area contributed by atoms with Gasteiger partial charge in [0.25, 0.3) is 0 Å². The summed E-state index contributed by atoms with van der Waals surface area (Å²) in [5, 5.41) is 3.38. The predicted octanol–water partition coefficient (Wildman–Crippen LogP) is 2.86. The molecule has 1 aromatic heterocycles. The van der Waals surface area contributed by atoms with E-state index >= 15 is 0 Å². The summed E-state index contributed by atoms with van der Waals surface area (Å²) in [6, 6.07) is 2.62. The monoisotopic (exact) mass is 292 g/mol. The van der Waals surface area contributed by atoms with Gasteiger partial charge in [-0.3, -0.25) is 0 Å². The largest absolute Gasteiger partial charge is 0.478 e. The summed E-state index contributed by atoms with van der Waals surface area (Å²) in [7, 11) is 0. The minimum atomic E-state index is 0.628. The molecule has 1 saturated heterocycles. The second kappa shape index (κ2) is 8.17. The number of likely N-dealkylation sites (tertiary alicyclic amines) is 1. The molecule has 21 heavy (non-hydrogen) atoms. The number of nitrogens with zero attached hydrogens (tertiary/aromatic N) is 3. The maximum Gasteiger partial charge on any atom is 0.218 e. The first-order valence-electron chi connectivity index (χ1n) is 8.15. The second-order valence-corrected chi connectivity index (χ2v) is 5.73. The van der Waals surface area contributed by atoms with Gasteiger partial charge in [0.1, 0.15) is 11.6 Å². The summed E-state index contributed by atoms with van der Waals surface area (Å²) in [5.41, 5.74) is 0. The number of hydrogen-bond acceptors (Lipinski definition) is 5. The van der Waals surface area contributed by atoms with Gasteiger partial charge in [0.05, 0.1) is 6.61 Å². The maximum atomic E-state index is 5.44. The average molecular weight is 292 g/mol. The zero-order valence-corrected chi connectivity index (χ0v) is 13.6. The lowest BCUT2D eigenvalue weighted by Gasteiger charge is -2.33. The van der Waals surface area contributed by atoms with Gasteiger partial charge in [-0.15, -0.1) is 0 Å². The number of aryl methyl sites for hydroxylation is 1. The van der Waals surface area contributed by atoms with Crippen LogP contribution >= 0.6 is 0 Å². The summed E-state index contributed by atoms with van der Waals surface area (Å²) in [6.45, 7) is 10.2. The fourth-order valence-corrected chi connectivity index (χ4v) is 2.84. The molecule has 2 rings (SSSR count). The Kier molecular flexibility index (Phi) is 6.23. The Morgan fingerprint density at radius 2 is 2.24 bits per heavy atom. The molecule has 5 nitrogen and oxygen atoms in total. The van der Waals surface area contributed by atoms with E-state index in [1.807, 2.05) is 19.9 Å². The van der Waals surface area contributed by atoms with Crippen LogP contribution in [-0.2, 0) is 0 Å². The van der Waals surface area contributed by atoms with Crippen LogP contribution in [0.2, 0.25) is 0 Å². The van der Waals surface area contributed by atoms with Crippen molar-refractivity contribution in [1.82, 2.24) is 14.9 Å². The van der Waals surface area contributed by atoms with Gasteiger partial charge in [-0.05, 0) is 46.6 Å². The van der Waals surface area contributed by atoms with Gasteiger partial charge in [-0.1, -0.05) is 6.42 Å². The molecule has 1 fully saturated rings. The summed E-state index contributed by atoms with van der Waals surface area (Å²) >= 11 is 0. The van der Waals surface area contributed by atoms with Crippen LogP contribution in [-0.4, -0.2) is 47.2 Å². The lowest BCUT2D eigenvalue weighted by Crippen LogP contribution is -2.38. The highest BCUT2D eigenvalue weighted by atomic mass is 16.5. The first-order valence-corrected chi connectivity index (χ1v) is 8.15. The second-order valence-electron chi connectivity index (χ2n) is 5.73. The zero-order valence-electron chi connectivity index (χ0n) is 13.6. The molecule has 0 radical (unpaired) electrons. The van der Waals surface area contributed by atoms with Gasteiger partial charge in [0, 0.05) is 25.2 Å². The van der Waals surface area contributed by atoms with Gasteiger partial charge >= 0.3 is 0 Å². The molecule has 0 amide bonds. The van der Waals surface area contributed by atoms with E-state index in [-0.39, 0.29) is 0 Å². The Bertz CT molecular complexity index is 438. The minimum Gasteiger partial charge on any atom is -0.478 e. The molecule has 1 unspecified atom stereocenters. The molecule has 1 N–H and O–H groups in total. The minimum absolute atomic E-state index is 0.628.